The molecular formula is C15H15F3N4O. The monoisotopic (exact) mass is 324 g/mol. The molecule has 5 nitrogen and oxygen atoms in total. The summed E-state index contributed by atoms with van der Waals surface area (Å²) >= 11 is 0. The molecule has 1 aromatic heterocycles. The van der Waals surface area contributed by atoms with Crippen LogP contribution in [-0.4, -0.2) is 21.9 Å². The third-order valence-electron chi connectivity index (χ3n) is 2.77. The third-order valence-corrected chi connectivity index (χ3v) is 2.77. The summed E-state index contributed by atoms with van der Waals surface area (Å²) < 4.78 is 38.0. The number of benzene rings is 1. The Hall–Kier alpha value is -2.64. The van der Waals surface area contributed by atoms with E-state index in [0.29, 0.717) is 0 Å². The Balaban J connectivity index is 2.11. The van der Waals surface area contributed by atoms with Crippen LogP contribution in [-0.2, 0) is 6.18 Å². The average molecular weight is 324 g/mol. The summed E-state index contributed by atoms with van der Waals surface area (Å²) in [6.07, 6.45) is -1.87. The van der Waals surface area contributed by atoms with Crippen molar-refractivity contribution in [2.24, 2.45) is 0 Å². The molecule has 2 aromatic rings. The van der Waals surface area contributed by atoms with Crippen molar-refractivity contribution in [3.63, 3.8) is 0 Å². The first-order valence-corrected chi connectivity index (χ1v) is 6.83. The maximum Gasteiger partial charge on any atom is 0.416 e. The SMILES string of the molecule is CC(C)NC(=O)c1cnc(Nc2cccc(C(F)(F)F)c2)cn1. The molecule has 2 N–H and O–H groups in total. The Kier molecular flexibility index (Phi) is 4.83. The summed E-state index contributed by atoms with van der Waals surface area (Å²) in [6, 6.07) is 4.70. The first kappa shape index (κ1) is 16.7. The molecule has 0 radical (unpaired) electrons. The van der Waals surface area contributed by atoms with E-state index in [1.165, 1.54) is 24.5 Å². The van der Waals surface area contributed by atoms with Gasteiger partial charge in [0.15, 0.2) is 0 Å². The fraction of sp³-hybridized carbons (Fsp3) is 0.267. The van der Waals surface area contributed by atoms with Crippen LogP contribution in [0.5, 0.6) is 0 Å². The highest BCUT2D eigenvalue weighted by molar-refractivity contribution is 5.92. The molecule has 1 aromatic carbocycles. The number of carbonyl (C=O) groups excluding carboxylic acids is 1. The first-order valence-electron chi connectivity index (χ1n) is 6.83. The van der Waals surface area contributed by atoms with Gasteiger partial charge in [-0.2, -0.15) is 13.2 Å². The summed E-state index contributed by atoms with van der Waals surface area (Å²) in [6.45, 7) is 3.63. The standard InChI is InChI=1S/C15H15F3N4O/c1-9(2)21-14(23)12-7-20-13(8-19-12)22-11-5-3-4-10(6-11)15(16,17)18/h3-9H,1-2H3,(H,20,22)(H,21,23). The lowest BCUT2D eigenvalue weighted by Gasteiger charge is -2.10. The van der Waals surface area contributed by atoms with Crippen molar-refractivity contribution >= 4 is 17.4 Å². The van der Waals surface area contributed by atoms with E-state index in [9.17, 15) is 18.0 Å². The summed E-state index contributed by atoms with van der Waals surface area (Å²) in [4.78, 5) is 19.6. The van der Waals surface area contributed by atoms with E-state index >= 15 is 0 Å². The molecule has 0 bridgehead atoms. The number of nitrogens with one attached hydrogen (secondary N) is 2. The number of rotatable bonds is 4. The zero-order valence-corrected chi connectivity index (χ0v) is 12.5. The Morgan fingerprint density at radius 2 is 1.91 bits per heavy atom. The van der Waals surface area contributed by atoms with Gasteiger partial charge in [-0.1, -0.05) is 6.07 Å². The van der Waals surface area contributed by atoms with Gasteiger partial charge in [0.25, 0.3) is 5.91 Å². The van der Waals surface area contributed by atoms with Crippen molar-refractivity contribution < 1.29 is 18.0 Å². The third kappa shape index (κ3) is 4.67. The number of aromatic nitrogens is 2. The number of hydrogen-bond donors (Lipinski definition) is 2. The normalized spacial score (nSPS) is 11.4. The summed E-state index contributed by atoms with van der Waals surface area (Å²) in [5.41, 5.74) is -0.398. The Morgan fingerprint density at radius 3 is 2.48 bits per heavy atom. The fourth-order valence-electron chi connectivity index (χ4n) is 1.77. The van der Waals surface area contributed by atoms with Gasteiger partial charge in [0.05, 0.1) is 18.0 Å². The highest BCUT2D eigenvalue weighted by atomic mass is 19.4. The topological polar surface area (TPSA) is 66.9 Å². The quantitative estimate of drug-likeness (QED) is 0.905. The number of hydrogen-bond acceptors (Lipinski definition) is 4. The number of carbonyl (C=O) groups is 1. The molecule has 0 saturated heterocycles. The predicted octanol–water partition coefficient (Wildman–Crippen LogP) is 3.38. The van der Waals surface area contributed by atoms with Crippen molar-refractivity contribution in [3.8, 4) is 0 Å². The molecule has 122 valence electrons. The summed E-state index contributed by atoms with van der Waals surface area (Å²) in [5, 5.41) is 5.38. The van der Waals surface area contributed by atoms with Gasteiger partial charge in [0.1, 0.15) is 11.5 Å². The molecule has 1 heterocycles. The molecule has 1 amide bonds. The van der Waals surface area contributed by atoms with Crippen molar-refractivity contribution in [1.82, 2.24) is 15.3 Å². The lowest BCUT2D eigenvalue weighted by Crippen LogP contribution is -2.30. The molecule has 0 atom stereocenters. The first-order chi connectivity index (χ1) is 10.8. The van der Waals surface area contributed by atoms with Crippen LogP contribution in [0.25, 0.3) is 0 Å². The highest BCUT2D eigenvalue weighted by Gasteiger charge is 2.30. The van der Waals surface area contributed by atoms with E-state index in [2.05, 4.69) is 20.6 Å². The minimum Gasteiger partial charge on any atom is -0.348 e. The van der Waals surface area contributed by atoms with Crippen molar-refractivity contribution in [1.29, 1.82) is 0 Å². The van der Waals surface area contributed by atoms with Crippen LogP contribution in [0.1, 0.15) is 29.9 Å². The maximum atomic E-state index is 12.7. The molecule has 0 saturated carbocycles. The van der Waals surface area contributed by atoms with Gasteiger partial charge in [-0.25, -0.2) is 9.97 Å². The second-order valence-electron chi connectivity index (χ2n) is 5.12. The van der Waals surface area contributed by atoms with Gasteiger partial charge in [-0.15, -0.1) is 0 Å². The second-order valence-corrected chi connectivity index (χ2v) is 5.12. The van der Waals surface area contributed by atoms with Gasteiger partial charge in [-0.3, -0.25) is 4.79 Å². The zero-order chi connectivity index (χ0) is 17.0. The summed E-state index contributed by atoms with van der Waals surface area (Å²) in [5.74, 6) is -0.122. The number of nitrogens with zero attached hydrogens (tertiary/aromatic N) is 2. The van der Waals surface area contributed by atoms with Crippen molar-refractivity contribution in [2.45, 2.75) is 26.1 Å². The molecular weight excluding hydrogens is 309 g/mol. The minimum atomic E-state index is -4.41. The minimum absolute atomic E-state index is 0.0350. The lowest BCUT2D eigenvalue weighted by molar-refractivity contribution is -0.137. The lowest BCUT2D eigenvalue weighted by atomic mass is 10.2. The average Bonchev–Trinajstić information content (AvgIpc) is 2.46. The van der Waals surface area contributed by atoms with Crippen LogP contribution in [0.3, 0.4) is 0 Å². The van der Waals surface area contributed by atoms with Gasteiger partial charge < -0.3 is 10.6 Å². The fourth-order valence-corrected chi connectivity index (χ4v) is 1.77. The molecule has 0 aliphatic rings. The number of anilines is 2. The second kappa shape index (κ2) is 6.64. The number of amides is 1. The molecule has 8 heteroatoms. The Morgan fingerprint density at radius 1 is 1.17 bits per heavy atom. The smallest absolute Gasteiger partial charge is 0.348 e. The molecule has 0 unspecified atom stereocenters. The Labute approximate surface area is 131 Å². The largest absolute Gasteiger partial charge is 0.416 e. The predicted molar refractivity (Wildman–Crippen MR) is 79.4 cm³/mol. The van der Waals surface area contributed by atoms with E-state index in [0.717, 1.165) is 12.1 Å². The molecule has 0 aliphatic carbocycles. The van der Waals surface area contributed by atoms with Crippen LogP contribution in [0.2, 0.25) is 0 Å². The maximum absolute atomic E-state index is 12.7. The van der Waals surface area contributed by atoms with E-state index in [4.69, 9.17) is 0 Å². The van der Waals surface area contributed by atoms with E-state index in [-0.39, 0.29) is 29.1 Å². The van der Waals surface area contributed by atoms with E-state index in [1.54, 1.807) is 0 Å². The summed E-state index contributed by atoms with van der Waals surface area (Å²) in [7, 11) is 0. The Bertz CT molecular complexity index is 684. The van der Waals surface area contributed by atoms with Crippen molar-refractivity contribution in [2.75, 3.05) is 5.32 Å². The van der Waals surface area contributed by atoms with Crippen LogP contribution >= 0.6 is 0 Å². The van der Waals surface area contributed by atoms with Crippen LogP contribution < -0.4 is 10.6 Å². The molecule has 23 heavy (non-hydrogen) atoms. The van der Waals surface area contributed by atoms with E-state index in [1.807, 2.05) is 13.8 Å². The number of alkyl halides is 3. The van der Waals surface area contributed by atoms with Crippen LogP contribution in [0, 0.1) is 0 Å². The van der Waals surface area contributed by atoms with Gasteiger partial charge in [0, 0.05) is 11.7 Å². The van der Waals surface area contributed by atoms with Gasteiger partial charge in [-0.05, 0) is 32.0 Å². The van der Waals surface area contributed by atoms with Gasteiger partial charge >= 0.3 is 6.18 Å². The van der Waals surface area contributed by atoms with Crippen LogP contribution in [0.15, 0.2) is 36.7 Å². The van der Waals surface area contributed by atoms with Gasteiger partial charge in [0.2, 0.25) is 0 Å². The zero-order valence-electron chi connectivity index (χ0n) is 12.5. The van der Waals surface area contributed by atoms with Crippen molar-refractivity contribution in [3.05, 3.63) is 47.9 Å². The highest BCUT2D eigenvalue weighted by Crippen LogP contribution is 2.31. The van der Waals surface area contributed by atoms with E-state index < -0.39 is 11.7 Å². The molecule has 0 spiro atoms. The number of halogens is 3. The van der Waals surface area contributed by atoms with Crippen LogP contribution in [0.4, 0.5) is 24.7 Å². The molecule has 2 rings (SSSR count). The molecule has 0 fully saturated rings. The molecule has 0 aliphatic heterocycles.